The van der Waals surface area contributed by atoms with Crippen molar-refractivity contribution in [3.8, 4) is 0 Å². The van der Waals surface area contributed by atoms with Gasteiger partial charge in [0.05, 0.1) is 5.60 Å². The average molecular weight is 219 g/mol. The predicted molar refractivity (Wildman–Crippen MR) is 66.3 cm³/mol. The van der Waals surface area contributed by atoms with Gasteiger partial charge in [-0.3, -0.25) is 0 Å². The van der Waals surface area contributed by atoms with Gasteiger partial charge in [0.2, 0.25) is 0 Å². The van der Waals surface area contributed by atoms with E-state index in [1.54, 1.807) is 0 Å². The maximum absolute atomic E-state index is 10.2. The highest BCUT2D eigenvalue weighted by Crippen LogP contribution is 2.29. The SMILES string of the molecule is CC(NCC1(O)CCCC1)c1ccccc1. The Morgan fingerprint density at radius 3 is 2.50 bits per heavy atom. The van der Waals surface area contributed by atoms with Crippen LogP contribution in [0.1, 0.15) is 44.2 Å². The van der Waals surface area contributed by atoms with Gasteiger partial charge < -0.3 is 10.4 Å². The molecule has 1 aromatic rings. The van der Waals surface area contributed by atoms with Gasteiger partial charge in [0.1, 0.15) is 0 Å². The first-order valence-corrected chi connectivity index (χ1v) is 6.20. The minimum Gasteiger partial charge on any atom is -0.389 e. The van der Waals surface area contributed by atoms with Gasteiger partial charge in [-0.25, -0.2) is 0 Å². The van der Waals surface area contributed by atoms with Crippen LogP contribution in [-0.2, 0) is 0 Å². The smallest absolute Gasteiger partial charge is 0.0771 e. The molecule has 2 nitrogen and oxygen atoms in total. The molecule has 1 aromatic carbocycles. The van der Waals surface area contributed by atoms with Crippen LogP contribution in [0.5, 0.6) is 0 Å². The third kappa shape index (κ3) is 2.83. The van der Waals surface area contributed by atoms with Crippen molar-refractivity contribution >= 4 is 0 Å². The highest BCUT2D eigenvalue weighted by atomic mass is 16.3. The molecule has 1 saturated carbocycles. The van der Waals surface area contributed by atoms with Crippen molar-refractivity contribution in [2.24, 2.45) is 0 Å². The zero-order valence-electron chi connectivity index (χ0n) is 9.95. The second kappa shape index (κ2) is 4.98. The largest absolute Gasteiger partial charge is 0.389 e. The topological polar surface area (TPSA) is 32.3 Å². The summed E-state index contributed by atoms with van der Waals surface area (Å²) < 4.78 is 0. The molecule has 0 heterocycles. The molecular weight excluding hydrogens is 198 g/mol. The van der Waals surface area contributed by atoms with Crippen molar-refractivity contribution < 1.29 is 5.11 Å². The molecule has 0 aromatic heterocycles. The lowest BCUT2D eigenvalue weighted by Gasteiger charge is -2.25. The third-order valence-electron chi connectivity index (χ3n) is 3.57. The number of aliphatic hydroxyl groups is 1. The summed E-state index contributed by atoms with van der Waals surface area (Å²) in [5.41, 5.74) is 0.826. The summed E-state index contributed by atoms with van der Waals surface area (Å²) in [6, 6.07) is 10.7. The maximum atomic E-state index is 10.2. The maximum Gasteiger partial charge on any atom is 0.0771 e. The fourth-order valence-corrected chi connectivity index (χ4v) is 2.41. The standard InChI is InChI=1S/C14H21NO/c1-12(13-7-3-2-4-8-13)15-11-14(16)9-5-6-10-14/h2-4,7-8,12,15-16H,5-6,9-11H2,1H3. The molecule has 1 fully saturated rings. The van der Waals surface area contributed by atoms with Crippen molar-refractivity contribution in [2.75, 3.05) is 6.54 Å². The van der Waals surface area contributed by atoms with E-state index < -0.39 is 5.60 Å². The minimum absolute atomic E-state index is 0.311. The first kappa shape index (κ1) is 11.6. The molecule has 1 atom stereocenters. The second-order valence-corrected chi connectivity index (χ2v) is 4.94. The van der Waals surface area contributed by atoms with E-state index in [0.29, 0.717) is 12.6 Å². The summed E-state index contributed by atoms with van der Waals surface area (Å²) in [4.78, 5) is 0. The Hall–Kier alpha value is -0.860. The van der Waals surface area contributed by atoms with Gasteiger partial charge >= 0.3 is 0 Å². The second-order valence-electron chi connectivity index (χ2n) is 4.94. The first-order valence-electron chi connectivity index (χ1n) is 6.20. The van der Waals surface area contributed by atoms with E-state index in [1.807, 2.05) is 6.07 Å². The lowest BCUT2D eigenvalue weighted by molar-refractivity contribution is 0.0453. The zero-order chi connectivity index (χ0) is 11.4. The van der Waals surface area contributed by atoms with Gasteiger partial charge in [0.25, 0.3) is 0 Å². The van der Waals surface area contributed by atoms with Crippen LogP contribution in [-0.4, -0.2) is 17.3 Å². The number of benzene rings is 1. The van der Waals surface area contributed by atoms with Gasteiger partial charge in [-0.1, -0.05) is 43.2 Å². The molecule has 2 N–H and O–H groups in total. The van der Waals surface area contributed by atoms with Crippen LogP contribution in [0.3, 0.4) is 0 Å². The number of hydrogen-bond acceptors (Lipinski definition) is 2. The predicted octanol–water partition coefficient (Wildman–Crippen LogP) is 2.64. The molecule has 0 saturated heterocycles. The van der Waals surface area contributed by atoms with Gasteiger partial charge in [-0.05, 0) is 25.3 Å². The van der Waals surface area contributed by atoms with Crippen LogP contribution < -0.4 is 5.32 Å². The van der Waals surface area contributed by atoms with Crippen molar-refractivity contribution in [3.63, 3.8) is 0 Å². The van der Waals surface area contributed by atoms with E-state index in [1.165, 1.54) is 5.56 Å². The molecule has 0 amide bonds. The van der Waals surface area contributed by atoms with Gasteiger partial charge in [0, 0.05) is 12.6 Å². The molecule has 1 unspecified atom stereocenters. The van der Waals surface area contributed by atoms with Gasteiger partial charge in [-0.2, -0.15) is 0 Å². The van der Waals surface area contributed by atoms with E-state index in [0.717, 1.165) is 25.7 Å². The highest BCUT2D eigenvalue weighted by Gasteiger charge is 2.30. The van der Waals surface area contributed by atoms with Gasteiger partial charge in [-0.15, -0.1) is 0 Å². The monoisotopic (exact) mass is 219 g/mol. The minimum atomic E-state index is -0.455. The Morgan fingerprint density at radius 1 is 1.25 bits per heavy atom. The Kier molecular flexibility index (Phi) is 3.62. The highest BCUT2D eigenvalue weighted by molar-refractivity contribution is 5.18. The van der Waals surface area contributed by atoms with E-state index in [4.69, 9.17) is 0 Å². The first-order chi connectivity index (χ1) is 7.70. The summed E-state index contributed by atoms with van der Waals surface area (Å²) in [5, 5.41) is 13.7. The number of rotatable bonds is 4. The van der Waals surface area contributed by atoms with Crippen LogP contribution in [0.25, 0.3) is 0 Å². The quantitative estimate of drug-likeness (QED) is 0.816. The lowest BCUT2D eigenvalue weighted by atomic mass is 10.0. The number of hydrogen-bond donors (Lipinski definition) is 2. The fourth-order valence-electron chi connectivity index (χ4n) is 2.41. The van der Waals surface area contributed by atoms with Crippen LogP contribution in [0.4, 0.5) is 0 Å². The molecule has 1 aliphatic rings. The molecule has 2 heteroatoms. The summed E-state index contributed by atoms with van der Waals surface area (Å²) in [5.74, 6) is 0. The molecule has 88 valence electrons. The van der Waals surface area contributed by atoms with Crippen molar-refractivity contribution in [1.82, 2.24) is 5.32 Å². The molecular formula is C14H21NO. The Balaban J connectivity index is 1.86. The Morgan fingerprint density at radius 2 is 1.88 bits per heavy atom. The molecule has 0 radical (unpaired) electrons. The summed E-state index contributed by atoms with van der Waals surface area (Å²) >= 11 is 0. The molecule has 1 aliphatic carbocycles. The molecule has 0 bridgehead atoms. The molecule has 0 spiro atoms. The van der Waals surface area contributed by atoms with Crippen LogP contribution in [0.15, 0.2) is 30.3 Å². The van der Waals surface area contributed by atoms with Crippen molar-refractivity contribution in [3.05, 3.63) is 35.9 Å². The average Bonchev–Trinajstić information content (AvgIpc) is 2.75. The van der Waals surface area contributed by atoms with E-state index in [2.05, 4.69) is 36.5 Å². The van der Waals surface area contributed by atoms with Crippen molar-refractivity contribution in [2.45, 2.75) is 44.2 Å². The Bertz CT molecular complexity index is 317. The van der Waals surface area contributed by atoms with Crippen molar-refractivity contribution in [1.29, 1.82) is 0 Å². The lowest BCUT2D eigenvalue weighted by Crippen LogP contribution is -2.39. The van der Waals surface area contributed by atoms with E-state index in [-0.39, 0.29) is 0 Å². The van der Waals surface area contributed by atoms with Gasteiger partial charge in [0.15, 0.2) is 0 Å². The molecule has 0 aliphatic heterocycles. The molecule has 16 heavy (non-hydrogen) atoms. The van der Waals surface area contributed by atoms with Crippen LogP contribution >= 0.6 is 0 Å². The molecule has 2 rings (SSSR count). The van der Waals surface area contributed by atoms with E-state index in [9.17, 15) is 5.11 Å². The Labute approximate surface area is 97.7 Å². The zero-order valence-corrected chi connectivity index (χ0v) is 9.95. The summed E-state index contributed by atoms with van der Waals surface area (Å²) in [6.45, 7) is 2.86. The third-order valence-corrected chi connectivity index (χ3v) is 3.57. The fraction of sp³-hybridized carbons (Fsp3) is 0.571. The number of nitrogens with one attached hydrogen (secondary N) is 1. The van der Waals surface area contributed by atoms with Crippen LogP contribution in [0, 0.1) is 0 Å². The normalized spacial score (nSPS) is 20.9. The van der Waals surface area contributed by atoms with Crippen LogP contribution in [0.2, 0.25) is 0 Å². The van der Waals surface area contributed by atoms with E-state index >= 15 is 0 Å². The summed E-state index contributed by atoms with van der Waals surface area (Å²) in [6.07, 6.45) is 4.22. The summed E-state index contributed by atoms with van der Waals surface area (Å²) in [7, 11) is 0.